The second-order valence-corrected chi connectivity index (χ2v) is 13.2. The number of hydrogen-bond donors (Lipinski definition) is 0. The summed E-state index contributed by atoms with van der Waals surface area (Å²) < 4.78 is 2.61. The number of anilines is 3. The molecule has 0 spiro atoms. The SMILES string of the molecule is c1ccc(-c2ccc(N(c3ccc(-c4ccc5ccccc5c4-c4ccccc4)cc3)c3ccc4c(c3)sc3ccccc34)cc2)cc1. The minimum absolute atomic E-state index is 1.12. The van der Waals surface area contributed by atoms with Gasteiger partial charge < -0.3 is 4.90 Å². The molecule has 9 rings (SSSR count). The van der Waals surface area contributed by atoms with Crippen molar-refractivity contribution in [3.8, 4) is 33.4 Å². The molecule has 1 heterocycles. The van der Waals surface area contributed by atoms with Crippen LogP contribution in [0.2, 0.25) is 0 Å². The fourth-order valence-electron chi connectivity index (χ4n) is 6.95. The predicted octanol–water partition coefficient (Wildman–Crippen LogP) is 13.7. The lowest BCUT2D eigenvalue weighted by Crippen LogP contribution is -2.09. The van der Waals surface area contributed by atoms with E-state index in [9.17, 15) is 0 Å². The third-order valence-corrected chi connectivity index (χ3v) is 10.4. The summed E-state index contributed by atoms with van der Waals surface area (Å²) in [7, 11) is 0. The van der Waals surface area contributed by atoms with E-state index in [0.29, 0.717) is 0 Å². The van der Waals surface area contributed by atoms with Crippen LogP contribution >= 0.6 is 11.3 Å². The van der Waals surface area contributed by atoms with Gasteiger partial charge in [0.15, 0.2) is 0 Å². The number of nitrogens with zero attached hydrogens (tertiary/aromatic N) is 1. The third kappa shape index (κ3) is 5.04. The maximum atomic E-state index is 2.38. The lowest BCUT2D eigenvalue weighted by atomic mass is 9.90. The van der Waals surface area contributed by atoms with Gasteiger partial charge in [-0.1, -0.05) is 146 Å². The van der Waals surface area contributed by atoms with Gasteiger partial charge in [0.25, 0.3) is 0 Å². The van der Waals surface area contributed by atoms with Crippen LogP contribution in [0.3, 0.4) is 0 Å². The van der Waals surface area contributed by atoms with E-state index in [1.165, 1.54) is 64.3 Å². The second kappa shape index (κ2) is 12.0. The molecule has 0 radical (unpaired) electrons. The maximum absolute atomic E-state index is 2.38. The van der Waals surface area contributed by atoms with Crippen molar-refractivity contribution in [2.75, 3.05) is 4.90 Å². The number of hydrogen-bond acceptors (Lipinski definition) is 2. The van der Waals surface area contributed by atoms with Gasteiger partial charge in [-0.15, -0.1) is 11.3 Å². The van der Waals surface area contributed by atoms with Gasteiger partial charge in [0, 0.05) is 37.2 Å². The minimum Gasteiger partial charge on any atom is -0.310 e. The van der Waals surface area contributed by atoms with Crippen LogP contribution in [0.4, 0.5) is 17.1 Å². The first-order valence-electron chi connectivity index (χ1n) is 16.3. The third-order valence-electron chi connectivity index (χ3n) is 9.28. The molecule has 0 fully saturated rings. The topological polar surface area (TPSA) is 3.24 Å². The van der Waals surface area contributed by atoms with Crippen LogP contribution in [0.15, 0.2) is 188 Å². The molecule has 1 aromatic heterocycles. The number of rotatable bonds is 6. The Labute approximate surface area is 284 Å². The highest BCUT2D eigenvalue weighted by molar-refractivity contribution is 7.25. The molecular formula is C46H31NS. The van der Waals surface area contributed by atoms with Crippen molar-refractivity contribution in [2.45, 2.75) is 0 Å². The normalized spacial score (nSPS) is 11.3. The molecule has 0 bridgehead atoms. The fraction of sp³-hybridized carbons (Fsp3) is 0. The summed E-state index contributed by atoms with van der Waals surface area (Å²) in [5, 5.41) is 5.14. The van der Waals surface area contributed by atoms with Crippen molar-refractivity contribution in [1.82, 2.24) is 0 Å². The molecule has 0 N–H and O–H groups in total. The van der Waals surface area contributed by atoms with Crippen molar-refractivity contribution >= 4 is 59.3 Å². The van der Waals surface area contributed by atoms with Crippen LogP contribution in [0.1, 0.15) is 0 Å². The zero-order valence-electron chi connectivity index (χ0n) is 26.3. The van der Waals surface area contributed by atoms with Crippen molar-refractivity contribution < 1.29 is 0 Å². The highest BCUT2D eigenvalue weighted by Crippen LogP contribution is 2.43. The molecule has 8 aromatic carbocycles. The Bertz CT molecular complexity index is 2530. The van der Waals surface area contributed by atoms with E-state index in [1.807, 2.05) is 11.3 Å². The summed E-state index contributed by atoms with van der Waals surface area (Å²) in [6.45, 7) is 0. The summed E-state index contributed by atoms with van der Waals surface area (Å²) in [6.07, 6.45) is 0. The molecule has 0 aliphatic heterocycles. The van der Waals surface area contributed by atoms with E-state index >= 15 is 0 Å². The monoisotopic (exact) mass is 629 g/mol. The van der Waals surface area contributed by atoms with Crippen LogP contribution in [-0.4, -0.2) is 0 Å². The van der Waals surface area contributed by atoms with Gasteiger partial charge in [0.05, 0.1) is 0 Å². The van der Waals surface area contributed by atoms with E-state index in [0.717, 1.165) is 17.1 Å². The minimum atomic E-state index is 1.12. The summed E-state index contributed by atoms with van der Waals surface area (Å²) in [5.41, 5.74) is 10.7. The quantitative estimate of drug-likeness (QED) is 0.177. The van der Waals surface area contributed by atoms with Gasteiger partial charge in [-0.2, -0.15) is 0 Å². The van der Waals surface area contributed by atoms with Crippen molar-refractivity contribution in [3.05, 3.63) is 188 Å². The Morgan fingerprint density at radius 3 is 1.60 bits per heavy atom. The van der Waals surface area contributed by atoms with Crippen molar-refractivity contribution in [3.63, 3.8) is 0 Å². The lowest BCUT2D eigenvalue weighted by Gasteiger charge is -2.26. The molecule has 48 heavy (non-hydrogen) atoms. The van der Waals surface area contributed by atoms with Gasteiger partial charge in [0.2, 0.25) is 0 Å². The Hall–Kier alpha value is -5.96. The summed E-state index contributed by atoms with van der Waals surface area (Å²) in [5.74, 6) is 0. The maximum Gasteiger partial charge on any atom is 0.0476 e. The first-order valence-corrected chi connectivity index (χ1v) is 17.2. The Balaban J connectivity index is 1.17. The van der Waals surface area contributed by atoms with E-state index in [1.54, 1.807) is 0 Å². The zero-order chi connectivity index (χ0) is 31.9. The molecule has 0 aliphatic rings. The highest BCUT2D eigenvalue weighted by atomic mass is 32.1. The molecule has 1 nitrogen and oxygen atoms in total. The molecule has 0 unspecified atom stereocenters. The van der Waals surface area contributed by atoms with Crippen molar-refractivity contribution in [1.29, 1.82) is 0 Å². The number of benzene rings is 8. The standard InChI is InChI=1S/C46H31NS/c1-3-11-32(12-4-1)33-19-24-37(25-20-33)47(39-28-30-43-42-17-9-10-18-44(42)48-45(43)31-39)38-26-21-35(22-27-38)41-29-23-34-13-7-8-16-40(34)46(41)36-14-5-2-6-15-36/h1-31H. The van der Waals surface area contributed by atoms with Crippen LogP contribution in [-0.2, 0) is 0 Å². The zero-order valence-corrected chi connectivity index (χ0v) is 27.1. The van der Waals surface area contributed by atoms with Gasteiger partial charge in [-0.3, -0.25) is 0 Å². The molecule has 9 aromatic rings. The summed E-state index contributed by atoms with van der Waals surface area (Å²) in [4.78, 5) is 2.38. The van der Waals surface area contributed by atoms with E-state index in [2.05, 4.69) is 193 Å². The number of thiophene rings is 1. The Morgan fingerprint density at radius 2 is 0.875 bits per heavy atom. The smallest absolute Gasteiger partial charge is 0.0476 e. The van der Waals surface area contributed by atoms with Gasteiger partial charge >= 0.3 is 0 Å². The fourth-order valence-corrected chi connectivity index (χ4v) is 8.09. The van der Waals surface area contributed by atoms with Crippen LogP contribution in [0.25, 0.3) is 64.3 Å². The van der Waals surface area contributed by atoms with Gasteiger partial charge in [0.1, 0.15) is 0 Å². The molecule has 0 saturated carbocycles. The van der Waals surface area contributed by atoms with Crippen molar-refractivity contribution in [2.24, 2.45) is 0 Å². The number of fused-ring (bicyclic) bond motifs is 4. The average molecular weight is 630 g/mol. The van der Waals surface area contributed by atoms with Gasteiger partial charge in [-0.05, 0) is 86.6 Å². The van der Waals surface area contributed by atoms with Crippen LogP contribution in [0.5, 0.6) is 0 Å². The molecule has 0 saturated heterocycles. The highest BCUT2D eigenvalue weighted by Gasteiger charge is 2.17. The predicted molar refractivity (Wildman–Crippen MR) is 208 cm³/mol. The molecule has 0 aliphatic carbocycles. The van der Waals surface area contributed by atoms with E-state index < -0.39 is 0 Å². The second-order valence-electron chi connectivity index (χ2n) is 12.1. The lowest BCUT2D eigenvalue weighted by molar-refractivity contribution is 1.29. The van der Waals surface area contributed by atoms with E-state index in [4.69, 9.17) is 0 Å². The van der Waals surface area contributed by atoms with E-state index in [-0.39, 0.29) is 0 Å². The first-order chi connectivity index (χ1) is 23.8. The first kappa shape index (κ1) is 28.3. The largest absolute Gasteiger partial charge is 0.310 e. The molecule has 2 heteroatoms. The summed E-state index contributed by atoms with van der Waals surface area (Å²) >= 11 is 1.86. The average Bonchev–Trinajstić information content (AvgIpc) is 3.54. The molecule has 0 atom stereocenters. The summed E-state index contributed by atoms with van der Waals surface area (Å²) in [6, 6.07) is 68.1. The molecule has 226 valence electrons. The Kier molecular flexibility index (Phi) is 7.07. The van der Waals surface area contributed by atoms with Gasteiger partial charge in [-0.25, -0.2) is 0 Å². The van der Waals surface area contributed by atoms with Crippen LogP contribution < -0.4 is 4.90 Å². The van der Waals surface area contributed by atoms with Crippen LogP contribution in [0, 0.1) is 0 Å². The molecule has 0 amide bonds. The Morgan fingerprint density at radius 1 is 0.333 bits per heavy atom. The molecular weight excluding hydrogens is 599 g/mol.